The van der Waals surface area contributed by atoms with Crippen LogP contribution in [0.3, 0.4) is 0 Å². The number of hydrogen-bond donors (Lipinski definition) is 1. The fourth-order valence-corrected chi connectivity index (χ4v) is 1.49. The molecular formula is C11H22O3. The Bertz CT molecular complexity index is 155. The molecule has 0 rings (SSSR count). The summed E-state index contributed by atoms with van der Waals surface area (Å²) in [5.74, 6) is -1.70. The molecule has 0 radical (unpaired) electrons. The molecule has 0 spiro atoms. The minimum atomic E-state index is -0.862. The quantitative estimate of drug-likeness (QED) is 0.745. The molecule has 1 N–H and O–H groups in total. The summed E-state index contributed by atoms with van der Waals surface area (Å²) in [4.78, 5) is 21.7. The fraction of sp³-hybridized carbons (Fsp3) is 0.818. The van der Waals surface area contributed by atoms with Crippen LogP contribution in [0.4, 0.5) is 0 Å². The van der Waals surface area contributed by atoms with Crippen LogP contribution in [0.15, 0.2) is 0 Å². The molecule has 0 fully saturated rings. The normalized spacial score (nSPS) is 13.5. The number of hydrogen-bond acceptors (Lipinski definition) is 2. The minimum Gasteiger partial charge on any atom is -0.481 e. The average molecular weight is 202 g/mol. The zero-order valence-corrected chi connectivity index (χ0v) is 9.83. The summed E-state index contributed by atoms with van der Waals surface area (Å²) >= 11 is 0. The van der Waals surface area contributed by atoms with Crippen LogP contribution in [0.1, 0.15) is 47.5 Å². The van der Waals surface area contributed by atoms with Crippen molar-refractivity contribution in [3.63, 3.8) is 0 Å². The molecule has 0 aliphatic rings. The summed E-state index contributed by atoms with van der Waals surface area (Å²) in [5, 5.41) is 8.77. The molecule has 0 heterocycles. The van der Waals surface area contributed by atoms with E-state index in [2.05, 4.69) is 0 Å². The second-order valence-electron chi connectivity index (χ2n) is 2.98. The largest absolute Gasteiger partial charge is 0.481 e. The summed E-state index contributed by atoms with van der Waals surface area (Å²) < 4.78 is 0. The van der Waals surface area contributed by atoms with Crippen LogP contribution in [0.2, 0.25) is 0 Å². The van der Waals surface area contributed by atoms with E-state index in [0.717, 1.165) is 0 Å². The van der Waals surface area contributed by atoms with Gasteiger partial charge in [0.25, 0.3) is 0 Å². The van der Waals surface area contributed by atoms with Crippen molar-refractivity contribution < 1.29 is 14.7 Å². The van der Waals surface area contributed by atoms with Gasteiger partial charge in [0.2, 0.25) is 0 Å². The number of aliphatic carboxylic acids is 1. The van der Waals surface area contributed by atoms with Crippen molar-refractivity contribution in [2.75, 3.05) is 0 Å². The van der Waals surface area contributed by atoms with Gasteiger partial charge in [-0.25, -0.2) is 0 Å². The molecule has 0 saturated heterocycles. The van der Waals surface area contributed by atoms with Crippen molar-refractivity contribution in [3.05, 3.63) is 0 Å². The monoisotopic (exact) mass is 202 g/mol. The molecule has 0 aliphatic carbocycles. The molecule has 2 unspecified atom stereocenters. The van der Waals surface area contributed by atoms with Gasteiger partial charge in [0.05, 0.1) is 5.92 Å². The molecule has 0 saturated carbocycles. The molecule has 84 valence electrons. The first kappa shape index (κ1) is 15.6. The van der Waals surface area contributed by atoms with Crippen molar-refractivity contribution in [1.82, 2.24) is 0 Å². The molecule has 0 aromatic carbocycles. The number of ketones is 1. The Balaban J connectivity index is 0. The maximum atomic E-state index is 11.0. The van der Waals surface area contributed by atoms with Crippen molar-refractivity contribution in [3.8, 4) is 0 Å². The van der Waals surface area contributed by atoms with Gasteiger partial charge >= 0.3 is 5.97 Å². The van der Waals surface area contributed by atoms with Gasteiger partial charge < -0.3 is 5.11 Å². The Morgan fingerprint density at radius 1 is 1.07 bits per heavy atom. The lowest BCUT2D eigenvalue weighted by atomic mass is 9.85. The second-order valence-corrected chi connectivity index (χ2v) is 2.98. The summed E-state index contributed by atoms with van der Waals surface area (Å²) in [7, 11) is 0. The van der Waals surface area contributed by atoms with Gasteiger partial charge in [-0.1, -0.05) is 27.7 Å². The Morgan fingerprint density at radius 2 is 1.43 bits per heavy atom. The predicted octanol–water partition coefficient (Wildman–Crippen LogP) is 2.74. The molecule has 3 nitrogen and oxygen atoms in total. The van der Waals surface area contributed by atoms with Gasteiger partial charge in [-0.3, -0.25) is 9.59 Å². The molecule has 0 aliphatic heterocycles. The summed E-state index contributed by atoms with van der Waals surface area (Å²) in [5.41, 5.74) is 0. The molecule has 0 bridgehead atoms. The number of carbonyl (C=O) groups is 2. The lowest BCUT2D eigenvalue weighted by Gasteiger charge is -2.18. The molecular weight excluding hydrogens is 180 g/mol. The Kier molecular flexibility index (Phi) is 9.73. The maximum absolute atomic E-state index is 11.0. The van der Waals surface area contributed by atoms with E-state index in [-0.39, 0.29) is 11.7 Å². The molecule has 0 amide bonds. The third-order valence-corrected chi connectivity index (χ3v) is 2.20. The summed E-state index contributed by atoms with van der Waals surface area (Å²) in [6, 6.07) is 0. The zero-order chi connectivity index (χ0) is 11.7. The van der Waals surface area contributed by atoms with Gasteiger partial charge in [-0.2, -0.15) is 0 Å². The minimum absolute atomic E-state index is 0.0215. The van der Waals surface area contributed by atoms with Crippen molar-refractivity contribution >= 4 is 11.8 Å². The zero-order valence-electron chi connectivity index (χ0n) is 9.83. The average Bonchev–Trinajstić information content (AvgIpc) is 2.15. The number of carbonyl (C=O) groups excluding carboxylic acids is 1. The first-order valence-corrected chi connectivity index (χ1v) is 5.27. The van der Waals surface area contributed by atoms with Crippen molar-refractivity contribution in [2.45, 2.75) is 47.5 Å². The fourth-order valence-electron chi connectivity index (χ4n) is 1.49. The molecule has 14 heavy (non-hydrogen) atoms. The van der Waals surface area contributed by atoms with Gasteiger partial charge in [0.15, 0.2) is 0 Å². The lowest BCUT2D eigenvalue weighted by Crippen LogP contribution is -2.27. The number of rotatable bonds is 5. The first-order valence-electron chi connectivity index (χ1n) is 5.27. The van der Waals surface area contributed by atoms with Crippen LogP contribution in [0.25, 0.3) is 0 Å². The smallest absolute Gasteiger partial charge is 0.307 e. The third kappa shape index (κ3) is 5.00. The maximum Gasteiger partial charge on any atom is 0.307 e. The number of carboxylic acid groups (broad SMARTS) is 1. The van der Waals surface area contributed by atoms with E-state index in [0.29, 0.717) is 12.8 Å². The van der Waals surface area contributed by atoms with Crippen LogP contribution in [-0.2, 0) is 9.59 Å². The summed E-state index contributed by atoms with van der Waals surface area (Å²) in [6.45, 7) is 9.10. The SMILES string of the molecule is CC.CCC(C(C)=O)C(CC)C(=O)O. The van der Waals surface area contributed by atoms with E-state index in [9.17, 15) is 9.59 Å². The third-order valence-electron chi connectivity index (χ3n) is 2.20. The van der Waals surface area contributed by atoms with Crippen molar-refractivity contribution in [2.24, 2.45) is 11.8 Å². The Hall–Kier alpha value is -0.860. The molecule has 0 aromatic rings. The van der Waals surface area contributed by atoms with E-state index in [1.165, 1.54) is 6.92 Å². The van der Waals surface area contributed by atoms with Gasteiger partial charge in [0, 0.05) is 5.92 Å². The predicted molar refractivity (Wildman–Crippen MR) is 57.2 cm³/mol. The van der Waals surface area contributed by atoms with Gasteiger partial charge in [0.1, 0.15) is 5.78 Å². The van der Waals surface area contributed by atoms with E-state index in [1.807, 2.05) is 20.8 Å². The van der Waals surface area contributed by atoms with Crippen molar-refractivity contribution in [1.29, 1.82) is 0 Å². The van der Waals surface area contributed by atoms with Crippen LogP contribution in [-0.4, -0.2) is 16.9 Å². The van der Waals surface area contributed by atoms with E-state index in [4.69, 9.17) is 5.11 Å². The Labute approximate surface area is 86.5 Å². The standard InChI is InChI=1S/C9H16O3.C2H6/c1-4-7(6(3)10)8(5-2)9(11)12;1-2/h7-8H,4-5H2,1-3H3,(H,11,12);1-2H3. The van der Waals surface area contributed by atoms with Crippen LogP contribution in [0.5, 0.6) is 0 Å². The first-order chi connectivity index (χ1) is 6.54. The van der Waals surface area contributed by atoms with Crippen LogP contribution < -0.4 is 0 Å². The number of carboxylic acids is 1. The highest BCUT2D eigenvalue weighted by atomic mass is 16.4. The molecule has 3 heteroatoms. The van der Waals surface area contributed by atoms with E-state index in [1.54, 1.807) is 6.92 Å². The van der Waals surface area contributed by atoms with Crippen LogP contribution in [0, 0.1) is 11.8 Å². The highest BCUT2D eigenvalue weighted by Gasteiger charge is 2.28. The lowest BCUT2D eigenvalue weighted by molar-refractivity contribution is -0.146. The van der Waals surface area contributed by atoms with Gasteiger partial charge in [-0.15, -0.1) is 0 Å². The highest BCUT2D eigenvalue weighted by molar-refractivity contribution is 5.84. The molecule has 0 aromatic heterocycles. The number of Topliss-reactive ketones (excluding diaryl/α,β-unsaturated/α-hetero) is 1. The Morgan fingerprint density at radius 3 is 1.50 bits per heavy atom. The van der Waals surface area contributed by atoms with Gasteiger partial charge in [-0.05, 0) is 19.8 Å². The summed E-state index contributed by atoms with van der Waals surface area (Å²) in [6.07, 6.45) is 1.13. The molecule has 2 atom stereocenters. The second kappa shape index (κ2) is 8.73. The topological polar surface area (TPSA) is 54.4 Å². The van der Waals surface area contributed by atoms with E-state index >= 15 is 0 Å². The van der Waals surface area contributed by atoms with E-state index < -0.39 is 11.9 Å². The van der Waals surface area contributed by atoms with Crippen LogP contribution >= 0.6 is 0 Å². The highest BCUT2D eigenvalue weighted by Crippen LogP contribution is 2.20.